The molecule has 0 aliphatic carbocycles. The highest BCUT2D eigenvalue weighted by Crippen LogP contribution is 2.41. The van der Waals surface area contributed by atoms with Crippen molar-refractivity contribution in [3.63, 3.8) is 0 Å². The molecule has 1 N–H and O–H groups in total. The van der Waals surface area contributed by atoms with E-state index < -0.39 is 0 Å². The van der Waals surface area contributed by atoms with E-state index in [9.17, 15) is 9.59 Å². The van der Waals surface area contributed by atoms with E-state index in [0.717, 1.165) is 55.1 Å². The summed E-state index contributed by atoms with van der Waals surface area (Å²) < 4.78 is 12.5. The smallest absolute Gasteiger partial charge is 0.241 e. The molecule has 0 bridgehead atoms. The predicted molar refractivity (Wildman–Crippen MR) is 128 cm³/mol. The van der Waals surface area contributed by atoms with Crippen LogP contribution in [0.4, 0.5) is 5.69 Å². The van der Waals surface area contributed by atoms with Crippen LogP contribution in [0.25, 0.3) is 0 Å². The first-order chi connectivity index (χ1) is 16.0. The van der Waals surface area contributed by atoms with Crippen LogP contribution in [-0.4, -0.2) is 55.1 Å². The van der Waals surface area contributed by atoms with E-state index in [1.54, 1.807) is 0 Å². The number of anilines is 1. The fourth-order valence-corrected chi connectivity index (χ4v) is 4.68. The summed E-state index contributed by atoms with van der Waals surface area (Å²) in [5.74, 6) is 1.58. The van der Waals surface area contributed by atoms with Gasteiger partial charge in [-0.3, -0.25) is 9.59 Å². The van der Waals surface area contributed by atoms with Crippen molar-refractivity contribution in [2.75, 3.05) is 37.7 Å². The lowest BCUT2D eigenvalue weighted by molar-refractivity contribution is -0.135. The number of nitrogens with zero attached hydrogens (tertiary/aromatic N) is 2. The van der Waals surface area contributed by atoms with Crippen LogP contribution < -0.4 is 19.7 Å². The van der Waals surface area contributed by atoms with Gasteiger partial charge in [0.15, 0.2) is 0 Å². The minimum absolute atomic E-state index is 0.0387. The van der Waals surface area contributed by atoms with Crippen LogP contribution in [0.3, 0.4) is 0 Å². The zero-order valence-electron chi connectivity index (χ0n) is 19.5. The molecule has 176 valence electrons. The zero-order valence-corrected chi connectivity index (χ0v) is 19.5. The summed E-state index contributed by atoms with van der Waals surface area (Å²) in [6, 6.07) is 16.4. The maximum atomic E-state index is 12.4. The highest BCUT2D eigenvalue weighted by atomic mass is 16.5. The van der Waals surface area contributed by atoms with E-state index in [2.05, 4.69) is 22.3 Å². The summed E-state index contributed by atoms with van der Waals surface area (Å²) in [5.41, 5.74) is 1.95. The van der Waals surface area contributed by atoms with E-state index >= 15 is 0 Å². The van der Waals surface area contributed by atoms with Gasteiger partial charge in [0, 0.05) is 57.9 Å². The van der Waals surface area contributed by atoms with Crippen LogP contribution in [0.1, 0.15) is 38.7 Å². The van der Waals surface area contributed by atoms with Gasteiger partial charge in [0.2, 0.25) is 11.8 Å². The molecule has 7 heteroatoms. The molecule has 2 aliphatic heterocycles. The van der Waals surface area contributed by atoms with Crippen molar-refractivity contribution in [2.24, 2.45) is 0 Å². The average molecular weight is 452 g/mol. The zero-order chi connectivity index (χ0) is 23.3. The van der Waals surface area contributed by atoms with Gasteiger partial charge in [-0.15, -0.1) is 0 Å². The van der Waals surface area contributed by atoms with Crippen molar-refractivity contribution < 1.29 is 19.1 Å². The van der Waals surface area contributed by atoms with Gasteiger partial charge in [-0.25, -0.2) is 0 Å². The Morgan fingerprint density at radius 1 is 1.03 bits per heavy atom. The molecule has 2 heterocycles. The van der Waals surface area contributed by atoms with Gasteiger partial charge >= 0.3 is 0 Å². The Bertz CT molecular complexity index is 985. The van der Waals surface area contributed by atoms with Crippen molar-refractivity contribution in [3.05, 3.63) is 54.1 Å². The Hall–Kier alpha value is -3.22. The number of carbonyl (C=O) groups excluding carboxylic acids is 2. The monoisotopic (exact) mass is 451 g/mol. The summed E-state index contributed by atoms with van der Waals surface area (Å²) in [4.78, 5) is 27.8. The Morgan fingerprint density at radius 2 is 1.73 bits per heavy atom. The Morgan fingerprint density at radius 3 is 2.48 bits per heavy atom. The standard InChI is InChI=1S/C26H33N3O4/c1-3-32-23-10-6-4-8-21(23)19-29-17-14-26(33-24-11-7-5-9-22(24)29)12-15-28(16-13-26)25(31)18-27-20(2)30/h4-11H,3,12-19H2,1-2H3,(H,27,30). The van der Waals surface area contributed by atoms with Crippen LogP contribution in [0.2, 0.25) is 0 Å². The third kappa shape index (κ3) is 5.41. The summed E-state index contributed by atoms with van der Waals surface area (Å²) in [5, 5.41) is 2.60. The normalized spacial score (nSPS) is 17.0. The third-order valence-electron chi connectivity index (χ3n) is 6.52. The van der Waals surface area contributed by atoms with E-state index in [0.29, 0.717) is 19.7 Å². The number of fused-ring (bicyclic) bond motifs is 1. The van der Waals surface area contributed by atoms with Crippen LogP contribution in [0.5, 0.6) is 11.5 Å². The second kappa shape index (κ2) is 10.1. The molecule has 0 radical (unpaired) electrons. The number of rotatable bonds is 6. The topological polar surface area (TPSA) is 71.1 Å². The summed E-state index contributed by atoms with van der Waals surface area (Å²) >= 11 is 0. The fourth-order valence-electron chi connectivity index (χ4n) is 4.68. The molecule has 33 heavy (non-hydrogen) atoms. The largest absolute Gasteiger partial charge is 0.494 e. The van der Waals surface area contributed by atoms with Crippen molar-refractivity contribution in [1.82, 2.24) is 10.2 Å². The Kier molecular flexibility index (Phi) is 7.06. The van der Waals surface area contributed by atoms with E-state index in [1.807, 2.05) is 48.2 Å². The fraction of sp³-hybridized carbons (Fsp3) is 0.462. The average Bonchev–Trinajstić information content (AvgIpc) is 2.96. The first kappa shape index (κ1) is 23.0. The quantitative estimate of drug-likeness (QED) is 0.729. The minimum atomic E-state index is -0.297. The molecule has 1 saturated heterocycles. The molecule has 2 amide bonds. The van der Waals surface area contributed by atoms with Crippen molar-refractivity contribution in [3.8, 4) is 11.5 Å². The highest BCUT2D eigenvalue weighted by Gasteiger charge is 2.40. The number of amides is 2. The van der Waals surface area contributed by atoms with Gasteiger partial charge in [-0.1, -0.05) is 30.3 Å². The number of likely N-dealkylation sites (tertiary alicyclic amines) is 1. The van der Waals surface area contributed by atoms with E-state index in [4.69, 9.17) is 9.47 Å². The highest BCUT2D eigenvalue weighted by molar-refractivity contribution is 5.83. The molecule has 0 atom stereocenters. The number of nitrogens with one attached hydrogen (secondary N) is 1. The summed E-state index contributed by atoms with van der Waals surface area (Å²) in [7, 11) is 0. The number of piperidine rings is 1. The molecule has 0 saturated carbocycles. The molecule has 2 aliphatic rings. The van der Waals surface area contributed by atoms with Crippen LogP contribution >= 0.6 is 0 Å². The number of benzene rings is 2. The maximum absolute atomic E-state index is 12.4. The minimum Gasteiger partial charge on any atom is -0.494 e. The lowest BCUT2D eigenvalue weighted by atomic mass is 9.87. The van der Waals surface area contributed by atoms with Gasteiger partial charge in [-0.05, 0) is 25.1 Å². The molecule has 2 aromatic carbocycles. The molecular formula is C26H33N3O4. The molecular weight excluding hydrogens is 418 g/mol. The molecule has 0 unspecified atom stereocenters. The van der Waals surface area contributed by atoms with Gasteiger partial charge in [0.1, 0.15) is 17.1 Å². The van der Waals surface area contributed by atoms with Crippen LogP contribution in [0, 0.1) is 0 Å². The first-order valence-electron chi connectivity index (χ1n) is 11.8. The van der Waals surface area contributed by atoms with E-state index in [1.165, 1.54) is 6.92 Å². The van der Waals surface area contributed by atoms with Crippen molar-refractivity contribution >= 4 is 17.5 Å². The second-order valence-corrected chi connectivity index (χ2v) is 8.76. The van der Waals surface area contributed by atoms with Crippen LogP contribution in [-0.2, 0) is 16.1 Å². The first-order valence-corrected chi connectivity index (χ1v) is 11.8. The number of hydrogen-bond acceptors (Lipinski definition) is 5. The van der Waals surface area contributed by atoms with Gasteiger partial charge < -0.3 is 24.6 Å². The Balaban J connectivity index is 1.48. The maximum Gasteiger partial charge on any atom is 0.241 e. The third-order valence-corrected chi connectivity index (χ3v) is 6.52. The second-order valence-electron chi connectivity index (χ2n) is 8.76. The summed E-state index contributed by atoms with van der Waals surface area (Å²) in [6.07, 6.45) is 2.43. The lowest BCUT2D eigenvalue weighted by Gasteiger charge is -2.41. The lowest BCUT2D eigenvalue weighted by Crippen LogP contribution is -2.52. The molecule has 7 nitrogen and oxygen atoms in total. The summed E-state index contributed by atoms with van der Waals surface area (Å²) in [6.45, 7) is 6.99. The number of ether oxygens (including phenoxy) is 2. The van der Waals surface area contributed by atoms with Gasteiger partial charge in [-0.2, -0.15) is 0 Å². The van der Waals surface area contributed by atoms with Gasteiger partial charge in [0.25, 0.3) is 0 Å². The number of carbonyl (C=O) groups is 2. The van der Waals surface area contributed by atoms with Gasteiger partial charge in [0.05, 0.1) is 18.8 Å². The molecule has 1 spiro atoms. The van der Waals surface area contributed by atoms with Crippen molar-refractivity contribution in [2.45, 2.75) is 45.3 Å². The number of para-hydroxylation sites is 3. The molecule has 4 rings (SSSR count). The van der Waals surface area contributed by atoms with Crippen molar-refractivity contribution in [1.29, 1.82) is 0 Å². The Labute approximate surface area is 195 Å². The predicted octanol–water partition coefficient (Wildman–Crippen LogP) is 3.37. The van der Waals surface area contributed by atoms with E-state index in [-0.39, 0.29) is 24.0 Å². The molecule has 0 aromatic heterocycles. The SMILES string of the molecule is CCOc1ccccc1CN1CCC2(CCN(C(=O)CNC(C)=O)CC2)Oc2ccccc21. The van der Waals surface area contributed by atoms with Crippen LogP contribution in [0.15, 0.2) is 48.5 Å². The molecule has 1 fully saturated rings. The number of hydrogen-bond donors (Lipinski definition) is 1. The molecule has 2 aromatic rings.